The van der Waals surface area contributed by atoms with Gasteiger partial charge in [0.2, 0.25) is 0 Å². The number of benzene rings is 1. The number of carbonyl (C=O) groups excluding carboxylic acids is 1. The third kappa shape index (κ3) is 4.80. The number of fused-ring (bicyclic) bond motifs is 1. The lowest BCUT2D eigenvalue weighted by molar-refractivity contribution is -0.121. The molecule has 0 N–H and O–H groups in total. The molecular formula is C26H25N5O2S2. The first-order valence-electron chi connectivity index (χ1n) is 11.4. The van der Waals surface area contributed by atoms with Crippen LogP contribution in [0.1, 0.15) is 11.1 Å². The van der Waals surface area contributed by atoms with Crippen molar-refractivity contribution in [3.8, 4) is 0 Å². The van der Waals surface area contributed by atoms with E-state index in [0.29, 0.717) is 32.8 Å². The second kappa shape index (κ2) is 10.2. The van der Waals surface area contributed by atoms with Crippen LogP contribution in [0, 0.1) is 0 Å². The Bertz CT molecular complexity index is 1380. The summed E-state index contributed by atoms with van der Waals surface area (Å²) in [7, 11) is 0. The smallest absolute Gasteiger partial charge is 0.267 e. The molecule has 0 bridgehead atoms. The van der Waals surface area contributed by atoms with E-state index in [1.54, 1.807) is 24.4 Å². The standard InChI is InChI=1S/C26H25N5O2S2/c1-2-11-31-25(33)21(35-26(31)34)17-20-23(27-22-10-6-7-12-30(22)24(20)32)29-15-13-28(14-16-29)18-19-8-4-3-5-9-19/h2-10,12,17H,1,11,13-16,18H2/b21-17+. The zero-order chi connectivity index (χ0) is 24.4. The lowest BCUT2D eigenvalue weighted by Crippen LogP contribution is -2.47. The average molecular weight is 504 g/mol. The predicted molar refractivity (Wildman–Crippen MR) is 145 cm³/mol. The molecule has 0 atom stereocenters. The van der Waals surface area contributed by atoms with Crippen LogP contribution in [0.4, 0.5) is 5.82 Å². The van der Waals surface area contributed by atoms with Crippen LogP contribution >= 0.6 is 24.0 Å². The minimum absolute atomic E-state index is 0.202. The van der Waals surface area contributed by atoms with Gasteiger partial charge in [0.15, 0.2) is 0 Å². The molecule has 0 saturated carbocycles. The molecule has 0 spiro atoms. The van der Waals surface area contributed by atoms with Crippen molar-refractivity contribution in [1.82, 2.24) is 19.2 Å². The van der Waals surface area contributed by atoms with Crippen molar-refractivity contribution >= 4 is 51.7 Å². The Labute approximate surface area is 213 Å². The number of nitrogens with zero attached hydrogens (tertiary/aromatic N) is 5. The number of carbonyl (C=O) groups is 1. The number of rotatable bonds is 6. The van der Waals surface area contributed by atoms with Crippen LogP contribution in [0.5, 0.6) is 0 Å². The highest BCUT2D eigenvalue weighted by atomic mass is 32.2. The highest BCUT2D eigenvalue weighted by molar-refractivity contribution is 8.26. The van der Waals surface area contributed by atoms with Crippen molar-refractivity contribution in [2.24, 2.45) is 0 Å². The first kappa shape index (κ1) is 23.5. The second-order valence-corrected chi connectivity index (χ2v) is 10.1. The van der Waals surface area contributed by atoms with Gasteiger partial charge in [-0.3, -0.25) is 23.8 Å². The topological polar surface area (TPSA) is 61.2 Å². The van der Waals surface area contributed by atoms with E-state index < -0.39 is 0 Å². The van der Waals surface area contributed by atoms with Crippen LogP contribution in [0.25, 0.3) is 11.7 Å². The van der Waals surface area contributed by atoms with Gasteiger partial charge in [-0.25, -0.2) is 4.98 Å². The summed E-state index contributed by atoms with van der Waals surface area (Å²) < 4.78 is 1.98. The Morgan fingerprint density at radius 2 is 1.77 bits per heavy atom. The molecule has 3 aromatic rings. The lowest BCUT2D eigenvalue weighted by Gasteiger charge is -2.36. The Hall–Kier alpha value is -3.27. The molecule has 0 aliphatic carbocycles. The molecule has 1 aromatic carbocycles. The Morgan fingerprint density at radius 3 is 2.51 bits per heavy atom. The molecule has 9 heteroatoms. The molecule has 5 rings (SSSR count). The van der Waals surface area contributed by atoms with Crippen LogP contribution in [0.15, 0.2) is 77.1 Å². The van der Waals surface area contributed by atoms with Crippen LogP contribution in [0.3, 0.4) is 0 Å². The van der Waals surface area contributed by atoms with Crippen LogP contribution < -0.4 is 10.5 Å². The van der Waals surface area contributed by atoms with Crippen molar-refractivity contribution in [2.75, 3.05) is 37.6 Å². The maximum absolute atomic E-state index is 13.5. The molecule has 178 valence electrons. The van der Waals surface area contributed by atoms with Crippen LogP contribution in [-0.2, 0) is 11.3 Å². The second-order valence-electron chi connectivity index (χ2n) is 8.41. The molecule has 0 radical (unpaired) electrons. The number of thioether (sulfide) groups is 1. The largest absolute Gasteiger partial charge is 0.353 e. The summed E-state index contributed by atoms with van der Waals surface area (Å²) in [6.45, 7) is 8.11. The van der Waals surface area contributed by atoms with E-state index in [0.717, 1.165) is 32.7 Å². The number of thiocarbonyl (C=S) groups is 1. The number of pyridine rings is 1. The van der Waals surface area contributed by atoms with E-state index in [-0.39, 0.29) is 11.5 Å². The molecule has 35 heavy (non-hydrogen) atoms. The van der Waals surface area contributed by atoms with Gasteiger partial charge in [-0.1, -0.05) is 66.5 Å². The van der Waals surface area contributed by atoms with Gasteiger partial charge in [0.05, 0.1) is 10.5 Å². The van der Waals surface area contributed by atoms with E-state index in [2.05, 4.69) is 40.6 Å². The molecule has 2 aliphatic heterocycles. The zero-order valence-corrected chi connectivity index (χ0v) is 20.8. The molecular weight excluding hydrogens is 478 g/mol. The fraction of sp³-hybridized carbons (Fsp3) is 0.231. The monoisotopic (exact) mass is 503 g/mol. The van der Waals surface area contributed by atoms with Gasteiger partial charge in [-0.2, -0.15) is 0 Å². The summed E-state index contributed by atoms with van der Waals surface area (Å²) in [5, 5.41) is 0. The van der Waals surface area contributed by atoms with Gasteiger partial charge in [0, 0.05) is 45.5 Å². The summed E-state index contributed by atoms with van der Waals surface area (Å²) in [5.74, 6) is 0.394. The molecule has 2 saturated heterocycles. The Balaban J connectivity index is 1.47. The van der Waals surface area contributed by atoms with Gasteiger partial charge in [0.1, 0.15) is 15.8 Å². The maximum Gasteiger partial charge on any atom is 0.267 e. The third-order valence-corrected chi connectivity index (χ3v) is 7.51. The number of hydrogen-bond acceptors (Lipinski definition) is 7. The van der Waals surface area contributed by atoms with E-state index >= 15 is 0 Å². The summed E-state index contributed by atoms with van der Waals surface area (Å²) in [6, 6.07) is 15.9. The first-order chi connectivity index (χ1) is 17.0. The Morgan fingerprint density at radius 1 is 1.03 bits per heavy atom. The lowest BCUT2D eigenvalue weighted by atomic mass is 10.2. The summed E-state index contributed by atoms with van der Waals surface area (Å²) >= 11 is 6.58. The minimum atomic E-state index is -0.212. The Kier molecular flexibility index (Phi) is 6.81. The molecule has 7 nitrogen and oxygen atoms in total. The maximum atomic E-state index is 13.5. The molecule has 0 unspecified atom stereocenters. The summed E-state index contributed by atoms with van der Waals surface area (Å²) in [6.07, 6.45) is 5.00. The summed E-state index contributed by atoms with van der Waals surface area (Å²) in [4.78, 5) is 37.8. The van der Waals surface area contributed by atoms with Crippen molar-refractivity contribution in [3.05, 3.63) is 93.8 Å². The van der Waals surface area contributed by atoms with Crippen LogP contribution in [-0.4, -0.2) is 62.1 Å². The number of aromatic nitrogens is 2. The summed E-state index contributed by atoms with van der Waals surface area (Å²) in [5.41, 5.74) is 2.07. The molecule has 1 amide bonds. The van der Waals surface area contributed by atoms with Crippen molar-refractivity contribution < 1.29 is 4.79 Å². The van der Waals surface area contributed by atoms with E-state index in [1.165, 1.54) is 26.6 Å². The van der Waals surface area contributed by atoms with Crippen molar-refractivity contribution in [1.29, 1.82) is 0 Å². The van der Waals surface area contributed by atoms with E-state index in [1.807, 2.05) is 18.2 Å². The minimum Gasteiger partial charge on any atom is -0.353 e. The molecule has 2 fully saturated rings. The third-order valence-electron chi connectivity index (χ3n) is 6.13. The van der Waals surface area contributed by atoms with Gasteiger partial charge in [-0.15, -0.1) is 6.58 Å². The van der Waals surface area contributed by atoms with Crippen LogP contribution in [0.2, 0.25) is 0 Å². The fourth-order valence-corrected chi connectivity index (χ4v) is 5.59. The SMILES string of the molecule is C=CCN1C(=O)/C(=C\c2c(N3CCN(Cc4ccccc4)CC3)nc3ccccn3c2=O)SC1=S. The number of anilines is 1. The van der Waals surface area contributed by atoms with Crippen molar-refractivity contribution in [2.45, 2.75) is 6.54 Å². The van der Waals surface area contributed by atoms with Gasteiger partial charge in [-0.05, 0) is 23.8 Å². The fourth-order valence-electron chi connectivity index (χ4n) is 4.34. The van der Waals surface area contributed by atoms with Gasteiger partial charge >= 0.3 is 0 Å². The number of piperazine rings is 1. The number of hydrogen-bond donors (Lipinski definition) is 0. The molecule has 4 heterocycles. The predicted octanol–water partition coefficient (Wildman–Crippen LogP) is 3.40. The molecule has 2 aliphatic rings. The molecule has 2 aromatic heterocycles. The van der Waals surface area contributed by atoms with Crippen molar-refractivity contribution in [3.63, 3.8) is 0 Å². The first-order valence-corrected chi connectivity index (χ1v) is 12.7. The zero-order valence-electron chi connectivity index (χ0n) is 19.2. The number of amides is 1. The highest BCUT2D eigenvalue weighted by Crippen LogP contribution is 2.33. The quantitative estimate of drug-likeness (QED) is 0.290. The normalized spacial score (nSPS) is 18.1. The van der Waals surface area contributed by atoms with E-state index in [4.69, 9.17) is 17.2 Å². The highest BCUT2D eigenvalue weighted by Gasteiger charge is 2.32. The average Bonchev–Trinajstić information content (AvgIpc) is 3.14. The van der Waals surface area contributed by atoms with E-state index in [9.17, 15) is 9.59 Å². The van der Waals surface area contributed by atoms with Gasteiger partial charge in [0.25, 0.3) is 11.5 Å². The van der Waals surface area contributed by atoms with Gasteiger partial charge < -0.3 is 4.90 Å².